The second kappa shape index (κ2) is 6.88. The van der Waals surface area contributed by atoms with E-state index in [4.69, 9.17) is 0 Å². The number of aromatic nitrogens is 1. The van der Waals surface area contributed by atoms with E-state index in [-0.39, 0.29) is 5.91 Å². The van der Waals surface area contributed by atoms with Gasteiger partial charge < -0.3 is 4.90 Å². The fourth-order valence-electron chi connectivity index (χ4n) is 2.47. The monoisotopic (exact) mass is 302 g/mol. The summed E-state index contributed by atoms with van der Waals surface area (Å²) < 4.78 is 0. The van der Waals surface area contributed by atoms with Gasteiger partial charge in [0.05, 0.1) is 6.54 Å². The number of anilines is 1. The van der Waals surface area contributed by atoms with E-state index in [9.17, 15) is 4.79 Å². The summed E-state index contributed by atoms with van der Waals surface area (Å²) >= 11 is 0. The number of hydrogen-bond acceptors (Lipinski definition) is 2. The van der Waals surface area contributed by atoms with Crippen LogP contribution < -0.4 is 4.90 Å². The van der Waals surface area contributed by atoms with Crippen molar-refractivity contribution in [1.29, 1.82) is 0 Å². The Morgan fingerprint density at radius 3 is 2.43 bits per heavy atom. The minimum atomic E-state index is -0.0972. The van der Waals surface area contributed by atoms with Gasteiger partial charge in [-0.3, -0.25) is 9.78 Å². The van der Waals surface area contributed by atoms with Gasteiger partial charge in [0.2, 0.25) is 0 Å². The number of nitrogens with zero attached hydrogens (tertiary/aromatic N) is 2. The van der Waals surface area contributed by atoms with Gasteiger partial charge in [0.25, 0.3) is 5.91 Å². The van der Waals surface area contributed by atoms with Gasteiger partial charge in [-0.2, -0.15) is 0 Å². The Morgan fingerprint density at radius 2 is 1.74 bits per heavy atom. The zero-order chi connectivity index (χ0) is 16.1. The van der Waals surface area contributed by atoms with Gasteiger partial charge in [-0.25, -0.2) is 0 Å². The third-order valence-electron chi connectivity index (χ3n) is 3.63. The lowest BCUT2D eigenvalue weighted by molar-refractivity contribution is 0.0980. The summed E-state index contributed by atoms with van der Waals surface area (Å²) in [5, 5.41) is 0. The Labute approximate surface area is 136 Å². The summed E-state index contributed by atoms with van der Waals surface area (Å²) in [6.07, 6.45) is 1.64. The van der Waals surface area contributed by atoms with Crippen molar-refractivity contribution in [3.8, 4) is 0 Å². The van der Waals surface area contributed by atoms with E-state index in [0.29, 0.717) is 12.2 Å². The topological polar surface area (TPSA) is 33.2 Å². The van der Waals surface area contributed by atoms with Gasteiger partial charge >= 0.3 is 0 Å². The third kappa shape index (κ3) is 3.64. The van der Waals surface area contributed by atoms with Gasteiger partial charge in [0.1, 0.15) is 5.69 Å². The first-order valence-corrected chi connectivity index (χ1v) is 7.57. The predicted molar refractivity (Wildman–Crippen MR) is 92.4 cm³/mol. The maximum atomic E-state index is 12.9. The highest BCUT2D eigenvalue weighted by molar-refractivity contribution is 6.04. The van der Waals surface area contributed by atoms with E-state index in [1.807, 2.05) is 73.7 Å². The maximum absolute atomic E-state index is 12.9. The molecule has 3 nitrogen and oxygen atoms in total. The third-order valence-corrected chi connectivity index (χ3v) is 3.63. The molecule has 0 atom stereocenters. The number of carbonyl (C=O) groups excluding carboxylic acids is 1. The molecule has 0 aliphatic rings. The van der Waals surface area contributed by atoms with E-state index in [1.165, 1.54) is 0 Å². The molecule has 2 aromatic carbocycles. The van der Waals surface area contributed by atoms with Crippen LogP contribution >= 0.6 is 0 Å². The van der Waals surface area contributed by atoms with Gasteiger partial charge in [-0.05, 0) is 42.3 Å². The number of benzene rings is 2. The molecular formula is C20H18N2O. The molecule has 3 rings (SSSR count). The average Bonchev–Trinajstić information content (AvgIpc) is 2.61. The molecule has 0 spiro atoms. The minimum absolute atomic E-state index is 0.0972. The van der Waals surface area contributed by atoms with Crippen LogP contribution in [0.3, 0.4) is 0 Å². The molecule has 0 N–H and O–H groups in total. The molecule has 114 valence electrons. The second-order valence-corrected chi connectivity index (χ2v) is 5.43. The quantitative estimate of drug-likeness (QED) is 0.722. The second-order valence-electron chi connectivity index (χ2n) is 5.43. The molecule has 0 saturated carbocycles. The van der Waals surface area contributed by atoms with Gasteiger partial charge in [-0.1, -0.05) is 48.5 Å². The molecule has 0 aliphatic heterocycles. The fourth-order valence-corrected chi connectivity index (χ4v) is 2.47. The van der Waals surface area contributed by atoms with Crippen molar-refractivity contribution >= 4 is 11.6 Å². The van der Waals surface area contributed by atoms with Crippen molar-refractivity contribution in [2.45, 2.75) is 13.5 Å². The smallest absolute Gasteiger partial charge is 0.277 e. The van der Waals surface area contributed by atoms with Crippen LogP contribution in [0.4, 0.5) is 5.69 Å². The standard InChI is InChI=1S/C20H18N2O/c1-16-8-7-11-18(14-16)22(15-17-9-3-2-4-10-17)20(23)19-12-5-6-13-21-19/h2-14H,15H2,1H3. The Morgan fingerprint density at radius 1 is 0.957 bits per heavy atom. The average molecular weight is 302 g/mol. The molecular weight excluding hydrogens is 284 g/mol. The molecule has 0 radical (unpaired) electrons. The van der Waals surface area contributed by atoms with Crippen molar-refractivity contribution in [3.63, 3.8) is 0 Å². The first-order chi connectivity index (χ1) is 11.2. The molecule has 0 aliphatic carbocycles. The summed E-state index contributed by atoms with van der Waals surface area (Å²) in [5.74, 6) is -0.0972. The molecule has 1 heterocycles. The minimum Gasteiger partial charge on any atom is -0.303 e. The van der Waals surface area contributed by atoms with E-state index < -0.39 is 0 Å². The molecule has 1 aromatic heterocycles. The lowest BCUT2D eigenvalue weighted by atomic mass is 10.1. The molecule has 3 heteroatoms. The SMILES string of the molecule is Cc1cccc(N(Cc2ccccc2)C(=O)c2ccccn2)c1. The van der Waals surface area contributed by atoms with Gasteiger partial charge in [-0.15, -0.1) is 0 Å². The van der Waals surface area contributed by atoms with E-state index >= 15 is 0 Å². The first kappa shape index (κ1) is 15.0. The van der Waals surface area contributed by atoms with Crippen LogP contribution in [0.2, 0.25) is 0 Å². The van der Waals surface area contributed by atoms with Crippen LogP contribution in [0.5, 0.6) is 0 Å². The number of rotatable bonds is 4. The van der Waals surface area contributed by atoms with Crippen LogP contribution in [-0.4, -0.2) is 10.9 Å². The Bertz CT molecular complexity index is 785. The summed E-state index contributed by atoms with van der Waals surface area (Å²) in [7, 11) is 0. The molecule has 0 bridgehead atoms. The van der Waals surface area contributed by atoms with Crippen LogP contribution in [-0.2, 0) is 6.54 Å². The lowest BCUT2D eigenvalue weighted by Gasteiger charge is -2.23. The Balaban J connectivity index is 1.98. The van der Waals surface area contributed by atoms with Gasteiger partial charge in [0, 0.05) is 11.9 Å². The summed E-state index contributed by atoms with van der Waals surface area (Å²) in [4.78, 5) is 18.9. The lowest BCUT2D eigenvalue weighted by Crippen LogP contribution is -2.31. The Kier molecular flexibility index (Phi) is 4.48. The highest BCUT2D eigenvalue weighted by atomic mass is 16.2. The van der Waals surface area contributed by atoms with Crippen molar-refractivity contribution in [3.05, 3.63) is 95.8 Å². The highest BCUT2D eigenvalue weighted by Crippen LogP contribution is 2.21. The molecule has 0 unspecified atom stereocenters. The van der Waals surface area contributed by atoms with Crippen molar-refractivity contribution in [1.82, 2.24) is 4.98 Å². The molecule has 3 aromatic rings. The zero-order valence-corrected chi connectivity index (χ0v) is 13.0. The van der Waals surface area contributed by atoms with Crippen LogP contribution in [0.25, 0.3) is 0 Å². The van der Waals surface area contributed by atoms with Crippen LogP contribution in [0.15, 0.2) is 79.0 Å². The van der Waals surface area contributed by atoms with E-state index in [1.54, 1.807) is 17.2 Å². The maximum Gasteiger partial charge on any atom is 0.277 e. The number of aryl methyl sites for hydroxylation is 1. The molecule has 0 fully saturated rings. The highest BCUT2D eigenvalue weighted by Gasteiger charge is 2.19. The van der Waals surface area contributed by atoms with Crippen molar-refractivity contribution in [2.24, 2.45) is 0 Å². The fraction of sp³-hybridized carbons (Fsp3) is 0.100. The van der Waals surface area contributed by atoms with E-state index in [2.05, 4.69) is 4.98 Å². The number of pyridine rings is 1. The number of hydrogen-bond donors (Lipinski definition) is 0. The summed E-state index contributed by atoms with van der Waals surface area (Å²) in [5.41, 5.74) is 3.53. The zero-order valence-electron chi connectivity index (χ0n) is 13.0. The van der Waals surface area contributed by atoms with E-state index in [0.717, 1.165) is 16.8 Å². The molecule has 0 saturated heterocycles. The number of carbonyl (C=O) groups is 1. The van der Waals surface area contributed by atoms with Crippen molar-refractivity contribution in [2.75, 3.05) is 4.90 Å². The van der Waals surface area contributed by atoms with Crippen LogP contribution in [0.1, 0.15) is 21.6 Å². The van der Waals surface area contributed by atoms with Gasteiger partial charge in [0.15, 0.2) is 0 Å². The normalized spacial score (nSPS) is 10.3. The predicted octanol–water partition coefficient (Wildman–Crippen LogP) is 4.24. The summed E-state index contributed by atoms with van der Waals surface area (Å²) in [6.45, 7) is 2.54. The first-order valence-electron chi connectivity index (χ1n) is 7.57. The number of amides is 1. The van der Waals surface area contributed by atoms with Crippen LogP contribution in [0, 0.1) is 6.92 Å². The molecule has 1 amide bonds. The summed E-state index contributed by atoms with van der Waals surface area (Å²) in [6, 6.07) is 23.3. The van der Waals surface area contributed by atoms with Crippen molar-refractivity contribution < 1.29 is 4.79 Å². The Hall–Kier alpha value is -2.94. The molecule has 23 heavy (non-hydrogen) atoms. The largest absolute Gasteiger partial charge is 0.303 e.